The van der Waals surface area contributed by atoms with Crippen LogP contribution in [0.25, 0.3) is 0 Å². The predicted molar refractivity (Wildman–Crippen MR) is 55.9 cm³/mol. The van der Waals surface area contributed by atoms with Gasteiger partial charge in [-0.05, 0) is 36.5 Å². The standard InChI is InChI=1S/C11H16N2/c1-13-10-7-3-5-8-4-2-6-9(12)11(8)10/h3,5,7,9,13H,2,4,6,12H2,1H3. The molecule has 1 aliphatic carbocycles. The Bertz CT molecular complexity index is 293. The van der Waals surface area contributed by atoms with E-state index in [-0.39, 0.29) is 6.04 Å². The van der Waals surface area contributed by atoms with Gasteiger partial charge in [0.25, 0.3) is 0 Å². The Labute approximate surface area is 79.1 Å². The molecule has 0 spiro atoms. The topological polar surface area (TPSA) is 38.0 Å². The summed E-state index contributed by atoms with van der Waals surface area (Å²) in [4.78, 5) is 0. The monoisotopic (exact) mass is 176 g/mol. The zero-order chi connectivity index (χ0) is 9.26. The molecule has 13 heavy (non-hydrogen) atoms. The molecule has 1 aromatic rings. The number of fused-ring (bicyclic) bond motifs is 1. The molecule has 2 rings (SSSR count). The molecule has 0 aromatic heterocycles. The summed E-state index contributed by atoms with van der Waals surface area (Å²) < 4.78 is 0. The highest BCUT2D eigenvalue weighted by Gasteiger charge is 2.18. The second-order valence-corrected chi connectivity index (χ2v) is 3.63. The van der Waals surface area contributed by atoms with Gasteiger partial charge < -0.3 is 11.1 Å². The summed E-state index contributed by atoms with van der Waals surface area (Å²) in [5.74, 6) is 0. The lowest BCUT2D eigenvalue weighted by atomic mass is 9.87. The third-order valence-corrected chi connectivity index (χ3v) is 2.80. The summed E-state index contributed by atoms with van der Waals surface area (Å²) in [5.41, 5.74) is 10.0. The lowest BCUT2D eigenvalue weighted by Crippen LogP contribution is -2.18. The van der Waals surface area contributed by atoms with E-state index in [0.29, 0.717) is 0 Å². The molecule has 0 bridgehead atoms. The zero-order valence-electron chi connectivity index (χ0n) is 8.01. The van der Waals surface area contributed by atoms with Crippen LogP contribution < -0.4 is 11.1 Å². The third-order valence-electron chi connectivity index (χ3n) is 2.80. The average Bonchev–Trinajstić information content (AvgIpc) is 2.17. The van der Waals surface area contributed by atoms with Gasteiger partial charge in [0.15, 0.2) is 0 Å². The van der Waals surface area contributed by atoms with Crippen molar-refractivity contribution in [2.75, 3.05) is 12.4 Å². The van der Waals surface area contributed by atoms with E-state index in [1.54, 1.807) is 0 Å². The van der Waals surface area contributed by atoms with Crippen LogP contribution in [-0.4, -0.2) is 7.05 Å². The van der Waals surface area contributed by atoms with E-state index in [1.807, 2.05) is 7.05 Å². The number of nitrogens with one attached hydrogen (secondary N) is 1. The minimum absolute atomic E-state index is 0.229. The van der Waals surface area contributed by atoms with Crippen LogP contribution in [0.3, 0.4) is 0 Å². The molecule has 0 radical (unpaired) electrons. The SMILES string of the molecule is CNc1cccc2c1C(N)CCC2. The van der Waals surface area contributed by atoms with Gasteiger partial charge in [0, 0.05) is 18.8 Å². The van der Waals surface area contributed by atoms with E-state index in [2.05, 4.69) is 23.5 Å². The van der Waals surface area contributed by atoms with Crippen LogP contribution in [0.5, 0.6) is 0 Å². The number of hydrogen-bond acceptors (Lipinski definition) is 2. The Kier molecular flexibility index (Phi) is 2.23. The van der Waals surface area contributed by atoms with E-state index in [1.165, 1.54) is 29.7 Å². The van der Waals surface area contributed by atoms with Gasteiger partial charge in [-0.2, -0.15) is 0 Å². The maximum atomic E-state index is 6.08. The van der Waals surface area contributed by atoms with E-state index >= 15 is 0 Å². The van der Waals surface area contributed by atoms with Crippen molar-refractivity contribution in [1.82, 2.24) is 0 Å². The zero-order valence-corrected chi connectivity index (χ0v) is 8.01. The number of rotatable bonds is 1. The Morgan fingerprint density at radius 1 is 1.46 bits per heavy atom. The van der Waals surface area contributed by atoms with Gasteiger partial charge in [-0.3, -0.25) is 0 Å². The molecule has 1 aliphatic rings. The number of aryl methyl sites for hydroxylation is 1. The van der Waals surface area contributed by atoms with Crippen LogP contribution in [-0.2, 0) is 6.42 Å². The quantitative estimate of drug-likeness (QED) is 0.687. The van der Waals surface area contributed by atoms with Crippen molar-refractivity contribution in [3.63, 3.8) is 0 Å². The lowest BCUT2D eigenvalue weighted by molar-refractivity contribution is 0.572. The molecule has 0 amide bonds. The molecule has 0 saturated carbocycles. The lowest BCUT2D eigenvalue weighted by Gasteiger charge is -2.24. The highest BCUT2D eigenvalue weighted by Crippen LogP contribution is 2.33. The molecule has 2 heteroatoms. The van der Waals surface area contributed by atoms with Gasteiger partial charge in [0.2, 0.25) is 0 Å². The van der Waals surface area contributed by atoms with Crippen molar-refractivity contribution < 1.29 is 0 Å². The molecule has 1 atom stereocenters. The van der Waals surface area contributed by atoms with Crippen LogP contribution >= 0.6 is 0 Å². The maximum Gasteiger partial charge on any atom is 0.0388 e. The molecule has 2 nitrogen and oxygen atoms in total. The Balaban J connectivity index is 2.50. The molecule has 70 valence electrons. The highest BCUT2D eigenvalue weighted by atomic mass is 14.8. The number of hydrogen-bond donors (Lipinski definition) is 2. The summed E-state index contributed by atoms with van der Waals surface area (Å²) in [7, 11) is 1.96. The Morgan fingerprint density at radius 3 is 3.08 bits per heavy atom. The van der Waals surface area contributed by atoms with Gasteiger partial charge in [-0.25, -0.2) is 0 Å². The molecule has 0 heterocycles. The molecule has 0 fully saturated rings. The normalized spacial score (nSPS) is 20.9. The van der Waals surface area contributed by atoms with Gasteiger partial charge in [0.1, 0.15) is 0 Å². The summed E-state index contributed by atoms with van der Waals surface area (Å²) in [5, 5.41) is 3.21. The minimum atomic E-state index is 0.229. The second-order valence-electron chi connectivity index (χ2n) is 3.63. The summed E-state index contributed by atoms with van der Waals surface area (Å²) in [6, 6.07) is 6.62. The smallest absolute Gasteiger partial charge is 0.0388 e. The fraction of sp³-hybridized carbons (Fsp3) is 0.455. The fourth-order valence-electron chi connectivity index (χ4n) is 2.14. The fourth-order valence-corrected chi connectivity index (χ4v) is 2.14. The van der Waals surface area contributed by atoms with Gasteiger partial charge >= 0.3 is 0 Å². The first kappa shape index (κ1) is 8.57. The molecule has 3 N–H and O–H groups in total. The average molecular weight is 176 g/mol. The summed E-state index contributed by atoms with van der Waals surface area (Å²) in [6.07, 6.45) is 3.52. The van der Waals surface area contributed by atoms with Crippen LogP contribution in [0.1, 0.15) is 30.0 Å². The first-order valence-electron chi connectivity index (χ1n) is 4.88. The van der Waals surface area contributed by atoms with Crippen LogP contribution in [0.4, 0.5) is 5.69 Å². The second kappa shape index (κ2) is 3.38. The van der Waals surface area contributed by atoms with E-state index < -0.39 is 0 Å². The maximum absolute atomic E-state index is 6.08. The first-order valence-corrected chi connectivity index (χ1v) is 4.88. The Hall–Kier alpha value is -1.02. The van der Waals surface area contributed by atoms with Crippen LogP contribution in [0, 0.1) is 0 Å². The highest BCUT2D eigenvalue weighted by molar-refractivity contribution is 5.56. The molecule has 0 saturated heterocycles. The third kappa shape index (κ3) is 1.42. The Morgan fingerprint density at radius 2 is 2.31 bits per heavy atom. The van der Waals surface area contributed by atoms with Crippen molar-refractivity contribution >= 4 is 5.69 Å². The van der Waals surface area contributed by atoms with Crippen molar-refractivity contribution in [3.8, 4) is 0 Å². The first-order chi connectivity index (χ1) is 6.33. The van der Waals surface area contributed by atoms with Crippen molar-refractivity contribution in [2.45, 2.75) is 25.3 Å². The number of benzene rings is 1. The molecular weight excluding hydrogens is 160 g/mol. The van der Waals surface area contributed by atoms with Crippen molar-refractivity contribution in [3.05, 3.63) is 29.3 Å². The van der Waals surface area contributed by atoms with E-state index in [0.717, 1.165) is 6.42 Å². The summed E-state index contributed by atoms with van der Waals surface area (Å²) >= 11 is 0. The summed E-state index contributed by atoms with van der Waals surface area (Å²) in [6.45, 7) is 0. The molecule has 1 unspecified atom stereocenters. The minimum Gasteiger partial charge on any atom is -0.388 e. The van der Waals surface area contributed by atoms with Crippen LogP contribution in [0.2, 0.25) is 0 Å². The van der Waals surface area contributed by atoms with Gasteiger partial charge in [-0.15, -0.1) is 0 Å². The van der Waals surface area contributed by atoms with Crippen molar-refractivity contribution in [2.24, 2.45) is 5.73 Å². The molecular formula is C11H16N2. The van der Waals surface area contributed by atoms with E-state index in [4.69, 9.17) is 5.73 Å². The number of nitrogens with two attached hydrogens (primary N) is 1. The predicted octanol–water partition coefficient (Wildman–Crippen LogP) is 2.06. The van der Waals surface area contributed by atoms with Crippen molar-refractivity contribution in [1.29, 1.82) is 0 Å². The van der Waals surface area contributed by atoms with Gasteiger partial charge in [0.05, 0.1) is 0 Å². The van der Waals surface area contributed by atoms with Gasteiger partial charge in [-0.1, -0.05) is 12.1 Å². The largest absolute Gasteiger partial charge is 0.388 e. The van der Waals surface area contributed by atoms with E-state index in [9.17, 15) is 0 Å². The molecule has 1 aromatic carbocycles. The van der Waals surface area contributed by atoms with Crippen LogP contribution in [0.15, 0.2) is 18.2 Å². The number of anilines is 1. The molecule has 0 aliphatic heterocycles.